The molecule has 0 bridgehead atoms. The van der Waals surface area contributed by atoms with Gasteiger partial charge in [-0.25, -0.2) is 0 Å². The molecular formula is C6H15NO2. The molecule has 0 radical (unpaired) electrons. The van der Waals surface area contributed by atoms with Crippen LogP contribution in [-0.4, -0.2) is 21.2 Å². The highest BCUT2D eigenvalue weighted by Crippen LogP contribution is 2.19. The lowest BCUT2D eigenvalue weighted by atomic mass is 9.92. The standard InChI is InChI=1S/C6H15NO2/c1-5(2)6(3,4)7(8)9/h5,8-9H,1-4H3. The smallest absolute Gasteiger partial charge is 0.0699 e. The van der Waals surface area contributed by atoms with E-state index in [1.54, 1.807) is 13.8 Å². The van der Waals surface area contributed by atoms with Gasteiger partial charge in [-0.3, -0.25) is 10.4 Å². The van der Waals surface area contributed by atoms with E-state index in [0.29, 0.717) is 0 Å². The first kappa shape index (κ1) is 8.88. The SMILES string of the molecule is CC(C)C(C)(C)N(O)O. The van der Waals surface area contributed by atoms with Crippen molar-refractivity contribution in [3.05, 3.63) is 0 Å². The van der Waals surface area contributed by atoms with Crippen molar-refractivity contribution >= 4 is 0 Å². The van der Waals surface area contributed by atoms with Crippen molar-refractivity contribution in [1.82, 2.24) is 5.23 Å². The first-order chi connectivity index (χ1) is 3.89. The van der Waals surface area contributed by atoms with Crippen molar-refractivity contribution in [3.63, 3.8) is 0 Å². The summed E-state index contributed by atoms with van der Waals surface area (Å²) in [5.74, 6) is 0.215. The van der Waals surface area contributed by atoms with E-state index in [-0.39, 0.29) is 11.1 Å². The Morgan fingerprint density at radius 3 is 1.56 bits per heavy atom. The van der Waals surface area contributed by atoms with Gasteiger partial charge in [0.15, 0.2) is 0 Å². The van der Waals surface area contributed by atoms with Gasteiger partial charge in [0.1, 0.15) is 0 Å². The Balaban J connectivity index is 4.01. The van der Waals surface area contributed by atoms with E-state index < -0.39 is 5.54 Å². The van der Waals surface area contributed by atoms with E-state index in [1.165, 1.54) is 0 Å². The molecule has 3 nitrogen and oxygen atoms in total. The summed E-state index contributed by atoms with van der Waals surface area (Å²) in [6, 6.07) is 0. The number of rotatable bonds is 2. The highest BCUT2D eigenvalue weighted by atomic mass is 16.8. The molecule has 0 fully saturated rings. The Labute approximate surface area is 55.8 Å². The van der Waals surface area contributed by atoms with Gasteiger partial charge in [-0.2, -0.15) is 0 Å². The van der Waals surface area contributed by atoms with Crippen molar-refractivity contribution in [2.24, 2.45) is 5.92 Å². The van der Waals surface area contributed by atoms with Gasteiger partial charge in [0.05, 0.1) is 5.54 Å². The normalized spacial score (nSPS) is 13.3. The second kappa shape index (κ2) is 2.64. The molecule has 0 aliphatic heterocycles. The first-order valence-corrected chi connectivity index (χ1v) is 3.07. The zero-order chi connectivity index (χ0) is 7.65. The molecule has 56 valence electrons. The number of hydrogen-bond acceptors (Lipinski definition) is 3. The molecule has 0 atom stereocenters. The molecule has 0 aromatic heterocycles. The van der Waals surface area contributed by atoms with Crippen LogP contribution in [0.25, 0.3) is 0 Å². The molecule has 0 saturated heterocycles. The van der Waals surface area contributed by atoms with Crippen molar-refractivity contribution in [2.45, 2.75) is 33.2 Å². The van der Waals surface area contributed by atoms with E-state index in [1.807, 2.05) is 13.8 Å². The van der Waals surface area contributed by atoms with Gasteiger partial charge < -0.3 is 0 Å². The number of hydrogen-bond donors (Lipinski definition) is 2. The molecule has 0 aliphatic carbocycles. The van der Waals surface area contributed by atoms with Crippen molar-refractivity contribution in [1.29, 1.82) is 0 Å². The van der Waals surface area contributed by atoms with Crippen LogP contribution < -0.4 is 0 Å². The largest absolute Gasteiger partial charge is 0.289 e. The number of nitrogens with zero attached hydrogens (tertiary/aromatic N) is 1. The Kier molecular flexibility index (Phi) is 2.61. The van der Waals surface area contributed by atoms with Crippen molar-refractivity contribution < 1.29 is 10.4 Å². The highest BCUT2D eigenvalue weighted by Gasteiger charge is 2.28. The summed E-state index contributed by atoms with van der Waals surface area (Å²) in [4.78, 5) is 0. The molecule has 0 aromatic carbocycles. The van der Waals surface area contributed by atoms with Crippen LogP contribution in [0.3, 0.4) is 0 Å². The van der Waals surface area contributed by atoms with Crippen LogP contribution in [0.5, 0.6) is 0 Å². The molecule has 0 spiro atoms. The monoisotopic (exact) mass is 133 g/mol. The molecule has 0 heterocycles. The van der Waals surface area contributed by atoms with Crippen LogP contribution in [0.15, 0.2) is 0 Å². The predicted molar refractivity (Wildman–Crippen MR) is 34.3 cm³/mol. The molecule has 0 unspecified atom stereocenters. The van der Waals surface area contributed by atoms with Gasteiger partial charge in [0.25, 0.3) is 0 Å². The summed E-state index contributed by atoms with van der Waals surface area (Å²) in [6.45, 7) is 7.38. The fourth-order valence-corrected chi connectivity index (χ4v) is 0.231. The van der Waals surface area contributed by atoms with E-state index in [9.17, 15) is 0 Å². The van der Waals surface area contributed by atoms with Crippen LogP contribution in [-0.2, 0) is 0 Å². The highest BCUT2D eigenvalue weighted by molar-refractivity contribution is 4.75. The molecule has 3 heteroatoms. The summed E-state index contributed by atoms with van der Waals surface area (Å²) in [5, 5.41) is 17.5. The van der Waals surface area contributed by atoms with Gasteiger partial charge in [-0.1, -0.05) is 19.1 Å². The Bertz CT molecular complexity index is 79.1. The average Bonchev–Trinajstić information content (AvgIpc) is 1.65. The van der Waals surface area contributed by atoms with Crippen LogP contribution in [0.1, 0.15) is 27.7 Å². The third-order valence-corrected chi connectivity index (χ3v) is 1.93. The molecule has 9 heavy (non-hydrogen) atoms. The van der Waals surface area contributed by atoms with E-state index in [0.717, 1.165) is 0 Å². The van der Waals surface area contributed by atoms with E-state index in [2.05, 4.69) is 0 Å². The Morgan fingerprint density at radius 1 is 1.22 bits per heavy atom. The Morgan fingerprint density at radius 2 is 1.56 bits per heavy atom. The molecule has 2 N–H and O–H groups in total. The minimum absolute atomic E-state index is 0.215. The zero-order valence-corrected chi connectivity index (χ0v) is 6.42. The lowest BCUT2D eigenvalue weighted by Gasteiger charge is -2.31. The maximum absolute atomic E-state index is 8.64. The summed E-state index contributed by atoms with van der Waals surface area (Å²) in [7, 11) is 0. The molecular weight excluding hydrogens is 118 g/mol. The van der Waals surface area contributed by atoms with Crippen LogP contribution in [0.4, 0.5) is 0 Å². The van der Waals surface area contributed by atoms with Gasteiger partial charge in [-0.15, -0.1) is 0 Å². The zero-order valence-electron chi connectivity index (χ0n) is 6.42. The van der Waals surface area contributed by atoms with Gasteiger partial charge in [0, 0.05) is 0 Å². The minimum Gasteiger partial charge on any atom is -0.289 e. The van der Waals surface area contributed by atoms with Crippen LogP contribution in [0.2, 0.25) is 0 Å². The van der Waals surface area contributed by atoms with Crippen LogP contribution in [0, 0.1) is 5.92 Å². The van der Waals surface area contributed by atoms with Gasteiger partial charge in [0.2, 0.25) is 0 Å². The topological polar surface area (TPSA) is 43.7 Å². The third kappa shape index (κ3) is 1.93. The molecule has 0 aromatic rings. The van der Waals surface area contributed by atoms with E-state index in [4.69, 9.17) is 10.4 Å². The molecule has 0 amide bonds. The van der Waals surface area contributed by atoms with Crippen molar-refractivity contribution in [3.8, 4) is 0 Å². The predicted octanol–water partition coefficient (Wildman–Crippen LogP) is 1.50. The summed E-state index contributed by atoms with van der Waals surface area (Å²) < 4.78 is 0. The number of hydroxylamine groups is 2. The molecule has 0 aliphatic rings. The second-order valence-corrected chi connectivity index (χ2v) is 3.10. The van der Waals surface area contributed by atoms with E-state index >= 15 is 0 Å². The average molecular weight is 133 g/mol. The maximum atomic E-state index is 8.64. The quantitative estimate of drug-likeness (QED) is 0.561. The summed E-state index contributed by atoms with van der Waals surface area (Å²) in [5.41, 5.74) is -0.556. The van der Waals surface area contributed by atoms with Crippen molar-refractivity contribution in [2.75, 3.05) is 0 Å². The summed E-state index contributed by atoms with van der Waals surface area (Å²) >= 11 is 0. The third-order valence-electron chi connectivity index (χ3n) is 1.93. The molecule has 0 rings (SSSR count). The lowest BCUT2D eigenvalue weighted by molar-refractivity contribution is -0.363. The minimum atomic E-state index is -0.556. The van der Waals surface area contributed by atoms with Gasteiger partial charge in [-0.05, 0) is 19.8 Å². The fraction of sp³-hybridized carbons (Fsp3) is 1.00. The fourth-order valence-electron chi connectivity index (χ4n) is 0.231. The second-order valence-electron chi connectivity index (χ2n) is 3.10. The summed E-state index contributed by atoms with van der Waals surface area (Å²) in [6.07, 6.45) is 0. The lowest BCUT2D eigenvalue weighted by Crippen LogP contribution is -2.43. The Hall–Kier alpha value is -0.120. The molecule has 0 saturated carbocycles. The van der Waals surface area contributed by atoms with Gasteiger partial charge >= 0.3 is 0 Å². The maximum Gasteiger partial charge on any atom is 0.0699 e. The first-order valence-electron chi connectivity index (χ1n) is 3.07. The van der Waals surface area contributed by atoms with Crippen LogP contribution >= 0.6 is 0 Å².